The van der Waals surface area contributed by atoms with E-state index < -0.39 is 5.97 Å². The van der Waals surface area contributed by atoms with Gasteiger partial charge in [-0.1, -0.05) is 84.9 Å². The van der Waals surface area contributed by atoms with E-state index in [2.05, 4.69) is 29.6 Å². The normalized spacial score (nSPS) is 10.6. The van der Waals surface area contributed by atoms with Crippen LogP contribution >= 0.6 is 0 Å². The number of carboxylic acid groups (broad SMARTS) is 1. The Morgan fingerprint density at radius 1 is 0.737 bits per heavy atom. The molecule has 0 radical (unpaired) electrons. The van der Waals surface area contributed by atoms with E-state index in [1.807, 2.05) is 78.9 Å². The molecule has 0 atom stereocenters. The fourth-order valence-electron chi connectivity index (χ4n) is 4.40. The van der Waals surface area contributed by atoms with Crippen LogP contribution in [0.15, 0.2) is 103 Å². The highest BCUT2D eigenvalue weighted by molar-refractivity contribution is 5.95. The number of hydrogen-bond acceptors (Lipinski definition) is 3. The van der Waals surface area contributed by atoms with Gasteiger partial charge in [0.2, 0.25) is 0 Å². The van der Waals surface area contributed by atoms with Gasteiger partial charge in [0, 0.05) is 24.1 Å². The molecule has 0 bridgehead atoms. The molecule has 5 nitrogen and oxygen atoms in total. The van der Waals surface area contributed by atoms with Gasteiger partial charge in [0.1, 0.15) is 5.75 Å². The molecule has 0 aliphatic rings. The van der Waals surface area contributed by atoms with Crippen molar-refractivity contribution in [3.05, 3.63) is 125 Å². The van der Waals surface area contributed by atoms with Gasteiger partial charge in [0.05, 0.1) is 6.61 Å². The SMILES string of the molecule is O=C(O)CCCCCOc1ccccc1CNC(=O)c1ccc(-c2ccccc2)c(Cc2ccccc2)c1. The Hall–Kier alpha value is -4.38. The van der Waals surface area contributed by atoms with Crippen molar-refractivity contribution < 1.29 is 19.4 Å². The van der Waals surface area contributed by atoms with Crippen LogP contribution in [-0.4, -0.2) is 23.6 Å². The van der Waals surface area contributed by atoms with E-state index in [1.54, 1.807) is 0 Å². The number of nitrogens with one attached hydrogen (secondary N) is 1. The summed E-state index contributed by atoms with van der Waals surface area (Å²) in [6.45, 7) is 0.858. The van der Waals surface area contributed by atoms with Gasteiger partial charge in [-0.15, -0.1) is 0 Å². The summed E-state index contributed by atoms with van der Waals surface area (Å²) in [5, 5.41) is 11.8. The highest BCUT2D eigenvalue weighted by atomic mass is 16.5. The van der Waals surface area contributed by atoms with Gasteiger partial charge in [-0.25, -0.2) is 0 Å². The zero-order valence-corrected chi connectivity index (χ0v) is 21.4. The number of hydrogen-bond donors (Lipinski definition) is 2. The molecule has 4 aromatic carbocycles. The molecule has 0 unspecified atom stereocenters. The fourth-order valence-corrected chi connectivity index (χ4v) is 4.40. The lowest BCUT2D eigenvalue weighted by molar-refractivity contribution is -0.137. The number of aliphatic carboxylic acids is 1. The third kappa shape index (κ3) is 7.81. The Bertz CT molecular complexity index is 1340. The molecular formula is C33H33NO4. The van der Waals surface area contributed by atoms with E-state index in [0.29, 0.717) is 25.1 Å². The maximum atomic E-state index is 13.2. The van der Waals surface area contributed by atoms with E-state index in [9.17, 15) is 9.59 Å². The third-order valence-electron chi connectivity index (χ3n) is 6.39. The second-order valence-corrected chi connectivity index (χ2v) is 9.24. The fraction of sp³-hybridized carbons (Fsp3) is 0.212. The first-order valence-electron chi connectivity index (χ1n) is 13.0. The Kier molecular flexibility index (Phi) is 9.69. The van der Waals surface area contributed by atoms with E-state index in [4.69, 9.17) is 9.84 Å². The van der Waals surface area contributed by atoms with Crippen molar-refractivity contribution in [1.29, 1.82) is 0 Å². The van der Waals surface area contributed by atoms with E-state index in [-0.39, 0.29) is 12.3 Å². The maximum Gasteiger partial charge on any atom is 0.303 e. The zero-order valence-electron chi connectivity index (χ0n) is 21.4. The number of amides is 1. The molecule has 0 aliphatic heterocycles. The molecule has 4 aromatic rings. The van der Waals surface area contributed by atoms with Crippen molar-refractivity contribution in [3.63, 3.8) is 0 Å². The lowest BCUT2D eigenvalue weighted by atomic mass is 9.93. The zero-order chi connectivity index (χ0) is 26.6. The number of rotatable bonds is 13. The molecule has 0 fully saturated rings. The van der Waals surface area contributed by atoms with Gasteiger partial charge in [-0.2, -0.15) is 0 Å². The van der Waals surface area contributed by atoms with Crippen molar-refractivity contribution in [2.24, 2.45) is 0 Å². The molecule has 4 rings (SSSR count). The Labute approximate surface area is 224 Å². The topological polar surface area (TPSA) is 75.6 Å². The number of carbonyl (C=O) groups excluding carboxylic acids is 1. The molecule has 38 heavy (non-hydrogen) atoms. The molecule has 0 saturated heterocycles. The van der Waals surface area contributed by atoms with Gasteiger partial charge < -0.3 is 15.2 Å². The molecule has 0 spiro atoms. The van der Waals surface area contributed by atoms with Crippen molar-refractivity contribution >= 4 is 11.9 Å². The Morgan fingerprint density at radius 3 is 2.21 bits per heavy atom. The molecule has 0 heterocycles. The predicted molar refractivity (Wildman–Crippen MR) is 150 cm³/mol. The molecule has 5 heteroatoms. The molecule has 0 aromatic heterocycles. The number of carboxylic acids is 1. The predicted octanol–water partition coefficient (Wildman–Crippen LogP) is 6.90. The number of para-hydroxylation sites is 1. The molecule has 0 aliphatic carbocycles. The summed E-state index contributed by atoms with van der Waals surface area (Å²) in [4.78, 5) is 23.8. The average Bonchev–Trinajstić information content (AvgIpc) is 2.95. The van der Waals surface area contributed by atoms with Crippen LogP contribution in [0.2, 0.25) is 0 Å². The second kappa shape index (κ2) is 13.8. The molecule has 1 amide bonds. The standard InChI is InChI=1S/C33H33NO4/c35-32(36)18-8-3-11-21-38-31-17-10-9-16-28(31)24-34-33(37)27-19-20-30(26-14-6-2-7-15-26)29(23-27)22-25-12-4-1-5-13-25/h1-2,4-7,9-10,12-17,19-20,23H,3,8,11,18,21-22,24H2,(H,34,37)(H,35,36). The van der Waals surface area contributed by atoms with E-state index >= 15 is 0 Å². The van der Waals surface area contributed by atoms with Gasteiger partial charge >= 0.3 is 5.97 Å². The number of carbonyl (C=O) groups is 2. The maximum absolute atomic E-state index is 13.2. The van der Waals surface area contributed by atoms with Crippen LogP contribution in [-0.2, 0) is 17.8 Å². The molecule has 194 valence electrons. The minimum absolute atomic E-state index is 0.137. The van der Waals surface area contributed by atoms with Crippen LogP contribution in [0, 0.1) is 0 Å². The second-order valence-electron chi connectivity index (χ2n) is 9.24. The van der Waals surface area contributed by atoms with Crippen molar-refractivity contribution in [2.45, 2.75) is 38.6 Å². The Balaban J connectivity index is 1.43. The summed E-state index contributed by atoms with van der Waals surface area (Å²) in [6, 6.07) is 34.1. The highest BCUT2D eigenvalue weighted by Gasteiger charge is 2.13. The van der Waals surface area contributed by atoms with Crippen LogP contribution in [0.3, 0.4) is 0 Å². The first-order chi connectivity index (χ1) is 18.6. The smallest absolute Gasteiger partial charge is 0.303 e. The number of ether oxygens (including phenoxy) is 1. The first kappa shape index (κ1) is 26.7. The Morgan fingerprint density at radius 2 is 1.45 bits per heavy atom. The third-order valence-corrected chi connectivity index (χ3v) is 6.39. The van der Waals surface area contributed by atoms with E-state index in [0.717, 1.165) is 47.3 Å². The lowest BCUT2D eigenvalue weighted by Crippen LogP contribution is -2.23. The molecule has 0 saturated carbocycles. The van der Waals surface area contributed by atoms with Crippen molar-refractivity contribution in [2.75, 3.05) is 6.61 Å². The van der Waals surface area contributed by atoms with Crippen LogP contribution < -0.4 is 10.1 Å². The van der Waals surface area contributed by atoms with Gasteiger partial charge in [0.25, 0.3) is 5.91 Å². The van der Waals surface area contributed by atoms with E-state index in [1.165, 1.54) is 5.56 Å². The van der Waals surface area contributed by atoms with Crippen LogP contribution in [0.1, 0.15) is 52.7 Å². The van der Waals surface area contributed by atoms with Gasteiger partial charge in [0.15, 0.2) is 0 Å². The summed E-state index contributed by atoms with van der Waals surface area (Å²) in [5.41, 5.74) is 6.05. The summed E-state index contributed by atoms with van der Waals surface area (Å²) < 4.78 is 5.93. The quantitative estimate of drug-likeness (QED) is 0.193. The summed E-state index contributed by atoms with van der Waals surface area (Å²) in [7, 11) is 0. The number of unbranched alkanes of at least 4 members (excludes halogenated alkanes) is 2. The summed E-state index contributed by atoms with van der Waals surface area (Å²) in [5.74, 6) is -0.175. The molecule has 2 N–H and O–H groups in total. The minimum atomic E-state index is -0.770. The summed E-state index contributed by atoms with van der Waals surface area (Å²) >= 11 is 0. The van der Waals surface area contributed by atoms with Crippen molar-refractivity contribution in [3.8, 4) is 16.9 Å². The minimum Gasteiger partial charge on any atom is -0.493 e. The van der Waals surface area contributed by atoms with Crippen LogP contribution in [0.4, 0.5) is 0 Å². The largest absolute Gasteiger partial charge is 0.493 e. The monoisotopic (exact) mass is 507 g/mol. The first-order valence-corrected chi connectivity index (χ1v) is 13.0. The average molecular weight is 508 g/mol. The summed E-state index contributed by atoms with van der Waals surface area (Å²) in [6.07, 6.45) is 3.14. The van der Waals surface area contributed by atoms with Crippen molar-refractivity contribution in [1.82, 2.24) is 5.32 Å². The lowest BCUT2D eigenvalue weighted by Gasteiger charge is -2.14. The van der Waals surface area contributed by atoms with Gasteiger partial charge in [-0.3, -0.25) is 9.59 Å². The highest BCUT2D eigenvalue weighted by Crippen LogP contribution is 2.27. The molecular weight excluding hydrogens is 474 g/mol. The van der Waals surface area contributed by atoms with Crippen LogP contribution in [0.5, 0.6) is 5.75 Å². The number of benzene rings is 4. The van der Waals surface area contributed by atoms with Crippen LogP contribution in [0.25, 0.3) is 11.1 Å². The van der Waals surface area contributed by atoms with Gasteiger partial charge in [-0.05, 0) is 66.1 Å².